The van der Waals surface area contributed by atoms with Crippen molar-refractivity contribution in [2.45, 2.75) is 24.9 Å². The van der Waals surface area contributed by atoms with E-state index < -0.39 is 54.1 Å². The van der Waals surface area contributed by atoms with Gasteiger partial charge in [-0.3, -0.25) is 23.7 Å². The number of hydrogen-bond donors (Lipinski definition) is 7. The van der Waals surface area contributed by atoms with Gasteiger partial charge in [-0.2, -0.15) is 13.6 Å². The Morgan fingerprint density at radius 3 is 2.53 bits per heavy atom. The lowest BCUT2D eigenvalue weighted by Gasteiger charge is -2.20. The van der Waals surface area contributed by atoms with Crippen molar-refractivity contribution in [2.75, 3.05) is 12.3 Å². The highest BCUT2D eigenvalue weighted by atomic mass is 31.3. The molecular weight excluding hydrogens is 505 g/mol. The van der Waals surface area contributed by atoms with Gasteiger partial charge in [0, 0.05) is 6.42 Å². The van der Waals surface area contributed by atoms with Gasteiger partial charge >= 0.3 is 23.5 Å². The van der Waals surface area contributed by atoms with Crippen molar-refractivity contribution in [1.82, 2.24) is 19.5 Å². The summed E-state index contributed by atoms with van der Waals surface area (Å²) in [6.07, 6.45) is -1.72. The predicted octanol–water partition coefficient (Wildman–Crippen LogP) is -1.41. The maximum Gasteiger partial charge on any atom is 0.490 e. The number of imidazole rings is 1. The number of nitrogen functional groups attached to an aromatic ring is 1. The third-order valence-electron chi connectivity index (χ3n) is 3.93. The fourth-order valence-electron chi connectivity index (χ4n) is 2.79. The molecule has 2 aromatic rings. The van der Waals surface area contributed by atoms with Crippen LogP contribution in [0.5, 0.6) is 0 Å². The molecule has 1 aliphatic heterocycles. The number of H-pyrrole nitrogens is 1. The van der Waals surface area contributed by atoms with Crippen LogP contribution in [0.1, 0.15) is 12.6 Å². The zero-order chi connectivity index (χ0) is 23.9. The third kappa shape index (κ3) is 6.06. The number of nitrogens with one attached hydrogen (secondary N) is 1. The number of rotatable bonds is 9. The summed E-state index contributed by atoms with van der Waals surface area (Å²) in [4.78, 5) is 62.6. The summed E-state index contributed by atoms with van der Waals surface area (Å²) in [5, 5.41) is 0. The van der Waals surface area contributed by atoms with Gasteiger partial charge in [0.25, 0.3) is 5.56 Å². The predicted molar refractivity (Wildman–Crippen MR) is 100.0 cm³/mol. The molecule has 19 nitrogen and oxygen atoms in total. The lowest BCUT2D eigenvalue weighted by Crippen LogP contribution is -2.31. The number of phosphoric acid groups is 3. The van der Waals surface area contributed by atoms with E-state index in [1.807, 2.05) is 0 Å². The molecule has 22 heteroatoms. The molecule has 2 aromatic heterocycles. The van der Waals surface area contributed by atoms with Gasteiger partial charge in [-0.1, -0.05) is 0 Å². The monoisotopic (exact) mass is 522 g/mol. The van der Waals surface area contributed by atoms with Crippen molar-refractivity contribution in [3.63, 3.8) is 0 Å². The topological polar surface area (TPSA) is 294 Å². The maximum atomic E-state index is 11.9. The second-order valence-electron chi connectivity index (χ2n) is 6.20. The molecule has 5 unspecified atom stereocenters. The first-order valence-electron chi connectivity index (χ1n) is 8.21. The molecule has 0 radical (unpaired) electrons. The smallest absolute Gasteiger partial charge is 0.369 e. The average Bonchev–Trinajstić information content (AvgIpc) is 3.20. The van der Waals surface area contributed by atoms with Gasteiger partial charge < -0.3 is 30.0 Å². The Morgan fingerprint density at radius 2 is 1.91 bits per heavy atom. The Kier molecular flexibility index (Phi) is 7.05. The molecule has 9 N–H and O–H groups in total. The van der Waals surface area contributed by atoms with Crippen LogP contribution >= 0.6 is 23.5 Å². The lowest BCUT2D eigenvalue weighted by atomic mass is 10.2. The van der Waals surface area contributed by atoms with E-state index >= 15 is 0 Å². The lowest BCUT2D eigenvalue weighted by molar-refractivity contribution is -0.0600. The van der Waals surface area contributed by atoms with Gasteiger partial charge in [0.1, 0.15) is 18.4 Å². The molecule has 0 saturated carbocycles. The van der Waals surface area contributed by atoms with Crippen molar-refractivity contribution in [3.8, 4) is 0 Å². The zero-order valence-electron chi connectivity index (χ0n) is 15.5. The summed E-state index contributed by atoms with van der Waals surface area (Å²) in [6.45, 7) is -0.787. The molecule has 3 rings (SSSR count). The van der Waals surface area contributed by atoms with Gasteiger partial charge in [-0.15, -0.1) is 0 Å². The van der Waals surface area contributed by atoms with Crippen LogP contribution in [0.2, 0.25) is 0 Å². The summed E-state index contributed by atoms with van der Waals surface area (Å²) >= 11 is 0. The second-order valence-corrected chi connectivity index (χ2v) is 10.6. The standard InChI is InChI=1S/C10H17N6O13P3/c11-10-14-8-7(9(17)15-10)13-3-16(8)6-1-4(27-12)5(26-6)2-25-31(21,22)29-32(23,24)28-30(18,19)20/h3-6H,1-2,12H2,(H,21,22)(H,23,24)(H2,18,19,20)(H3,11,14,15,17). The minimum atomic E-state index is -5.67. The van der Waals surface area contributed by atoms with Crippen LogP contribution in [0, 0.1) is 0 Å². The van der Waals surface area contributed by atoms with Crippen LogP contribution in [-0.2, 0) is 36.4 Å². The number of ether oxygens (including phenoxy) is 1. The SMILES string of the molecule is NOC1CC(n2cnc3c(=O)[nH]c(N)nc32)OC1COP(=O)(O)OP(=O)(O)OP(=O)(O)O. The summed E-state index contributed by atoms with van der Waals surface area (Å²) in [5.74, 6) is 5.02. The fourth-order valence-corrected chi connectivity index (χ4v) is 5.82. The number of hydrogen-bond acceptors (Lipinski definition) is 13. The van der Waals surface area contributed by atoms with Crippen LogP contribution < -0.4 is 17.2 Å². The molecule has 1 fully saturated rings. The highest BCUT2D eigenvalue weighted by molar-refractivity contribution is 7.66. The normalized spacial score (nSPS) is 25.6. The Labute approximate surface area is 176 Å². The van der Waals surface area contributed by atoms with Gasteiger partial charge in [0.05, 0.1) is 12.9 Å². The van der Waals surface area contributed by atoms with E-state index in [-0.39, 0.29) is 23.5 Å². The molecule has 0 aromatic carbocycles. The van der Waals surface area contributed by atoms with Crippen molar-refractivity contribution >= 4 is 40.6 Å². The van der Waals surface area contributed by atoms with Gasteiger partial charge in [-0.05, 0) is 0 Å². The average molecular weight is 522 g/mol. The van der Waals surface area contributed by atoms with Crippen molar-refractivity contribution in [3.05, 3.63) is 16.7 Å². The molecular formula is C10H17N6O13P3. The molecule has 5 atom stereocenters. The highest BCUT2D eigenvalue weighted by Crippen LogP contribution is 2.66. The van der Waals surface area contributed by atoms with Crippen LogP contribution in [0.15, 0.2) is 11.1 Å². The van der Waals surface area contributed by atoms with Crippen LogP contribution in [-0.4, -0.2) is 57.9 Å². The van der Waals surface area contributed by atoms with Gasteiger partial charge in [-0.25, -0.2) is 24.6 Å². The van der Waals surface area contributed by atoms with E-state index in [1.165, 1.54) is 10.9 Å². The number of phosphoric ester groups is 1. The van der Waals surface area contributed by atoms with E-state index in [4.69, 9.17) is 35.9 Å². The van der Waals surface area contributed by atoms with E-state index in [0.29, 0.717) is 0 Å². The first-order chi connectivity index (χ1) is 14.7. The minimum Gasteiger partial charge on any atom is -0.369 e. The molecule has 32 heavy (non-hydrogen) atoms. The third-order valence-corrected chi connectivity index (χ3v) is 7.74. The first kappa shape index (κ1) is 25.1. The Balaban J connectivity index is 1.71. The Morgan fingerprint density at radius 1 is 1.22 bits per heavy atom. The number of aromatic nitrogens is 4. The second kappa shape index (κ2) is 9.00. The van der Waals surface area contributed by atoms with Crippen LogP contribution in [0.3, 0.4) is 0 Å². The number of fused-ring (bicyclic) bond motifs is 1. The highest BCUT2D eigenvalue weighted by Gasteiger charge is 2.43. The number of nitrogens with zero attached hydrogens (tertiary/aromatic N) is 3. The van der Waals surface area contributed by atoms with Crippen LogP contribution in [0.4, 0.5) is 5.95 Å². The van der Waals surface area contributed by atoms with E-state index in [0.717, 1.165) is 0 Å². The Hall–Kier alpha value is -1.56. The summed E-state index contributed by atoms with van der Waals surface area (Å²) in [5.41, 5.74) is 4.96. The fraction of sp³-hybridized carbons (Fsp3) is 0.500. The van der Waals surface area contributed by atoms with E-state index in [1.54, 1.807) is 0 Å². The summed E-state index contributed by atoms with van der Waals surface area (Å²) in [7, 11) is -16.6. The van der Waals surface area contributed by atoms with E-state index in [9.17, 15) is 23.4 Å². The number of nitrogens with two attached hydrogens (primary N) is 2. The van der Waals surface area contributed by atoms with Crippen molar-refractivity contribution in [1.29, 1.82) is 0 Å². The number of anilines is 1. The van der Waals surface area contributed by atoms with Gasteiger partial charge in [0.15, 0.2) is 11.2 Å². The molecule has 0 spiro atoms. The van der Waals surface area contributed by atoms with Crippen LogP contribution in [0.25, 0.3) is 11.2 Å². The molecule has 0 aliphatic carbocycles. The molecule has 1 saturated heterocycles. The summed E-state index contributed by atoms with van der Waals surface area (Å²) in [6, 6.07) is 0. The zero-order valence-corrected chi connectivity index (χ0v) is 18.2. The molecule has 0 bridgehead atoms. The Bertz CT molecular complexity index is 1190. The summed E-state index contributed by atoms with van der Waals surface area (Å²) < 4.78 is 52.6. The number of aromatic amines is 1. The molecule has 1 aliphatic rings. The largest absolute Gasteiger partial charge is 0.490 e. The molecule has 0 amide bonds. The maximum absolute atomic E-state index is 11.9. The minimum absolute atomic E-state index is 0.0285. The quantitative estimate of drug-likeness (QED) is 0.147. The van der Waals surface area contributed by atoms with Crippen molar-refractivity contribution in [2.24, 2.45) is 5.90 Å². The van der Waals surface area contributed by atoms with E-state index in [2.05, 4.69) is 28.1 Å². The molecule has 3 heterocycles. The van der Waals surface area contributed by atoms with Gasteiger partial charge in [0.2, 0.25) is 5.95 Å². The first-order valence-corrected chi connectivity index (χ1v) is 12.7. The molecule has 180 valence electrons. The van der Waals surface area contributed by atoms with Crippen molar-refractivity contribution < 1.29 is 56.0 Å².